The summed E-state index contributed by atoms with van der Waals surface area (Å²) >= 11 is 1.34. The Balaban J connectivity index is 1.69. The number of hydrogen-bond donors (Lipinski definition) is 1. The lowest BCUT2D eigenvalue weighted by atomic mass is 10.0. The van der Waals surface area contributed by atoms with E-state index in [-0.39, 0.29) is 5.91 Å². The lowest BCUT2D eigenvalue weighted by Gasteiger charge is -2.18. The van der Waals surface area contributed by atoms with Crippen molar-refractivity contribution in [3.05, 3.63) is 59.7 Å². The highest BCUT2D eigenvalue weighted by Crippen LogP contribution is 2.29. The van der Waals surface area contributed by atoms with E-state index >= 15 is 0 Å². The molecule has 1 heterocycles. The number of aromatic nitrogens is 2. The van der Waals surface area contributed by atoms with E-state index in [1.807, 2.05) is 43.3 Å². The van der Waals surface area contributed by atoms with E-state index < -0.39 is 6.10 Å². The molecule has 0 unspecified atom stereocenters. The summed E-state index contributed by atoms with van der Waals surface area (Å²) in [4.78, 5) is 12.5. The number of nitrogens with zero attached hydrogens (tertiary/aromatic N) is 2. The van der Waals surface area contributed by atoms with Gasteiger partial charge in [-0.05, 0) is 37.0 Å². The molecule has 0 aliphatic rings. The van der Waals surface area contributed by atoms with Crippen molar-refractivity contribution >= 4 is 22.4 Å². The third kappa shape index (κ3) is 4.71. The first-order chi connectivity index (χ1) is 12.9. The van der Waals surface area contributed by atoms with Crippen LogP contribution in [0.4, 0.5) is 5.13 Å². The molecule has 0 aliphatic carbocycles. The van der Waals surface area contributed by atoms with Gasteiger partial charge in [-0.2, -0.15) is 0 Å². The van der Waals surface area contributed by atoms with Crippen LogP contribution in [0.1, 0.15) is 37.8 Å². The van der Waals surface area contributed by atoms with Crippen molar-refractivity contribution in [1.82, 2.24) is 10.2 Å². The molecular weight excluding hydrogens is 358 g/mol. The molecule has 6 heteroatoms. The number of amides is 1. The Kier molecular flexibility index (Phi) is 5.86. The lowest BCUT2D eigenvalue weighted by Crippen LogP contribution is -2.30. The van der Waals surface area contributed by atoms with Crippen molar-refractivity contribution < 1.29 is 9.53 Å². The molecule has 0 fully saturated rings. The molecule has 0 spiro atoms. The van der Waals surface area contributed by atoms with Gasteiger partial charge in [0.05, 0.1) is 0 Å². The maximum atomic E-state index is 12.5. The number of rotatable bonds is 6. The average molecular weight is 382 g/mol. The Labute approximate surface area is 163 Å². The molecule has 140 valence electrons. The Morgan fingerprint density at radius 1 is 1.07 bits per heavy atom. The Morgan fingerprint density at radius 3 is 2.52 bits per heavy atom. The monoisotopic (exact) mass is 381 g/mol. The summed E-state index contributed by atoms with van der Waals surface area (Å²) in [5, 5.41) is 12.2. The Morgan fingerprint density at radius 2 is 1.81 bits per heavy atom. The van der Waals surface area contributed by atoms with Crippen LogP contribution in [0.5, 0.6) is 5.75 Å². The van der Waals surface area contributed by atoms with E-state index in [1.54, 1.807) is 6.92 Å². The smallest absolute Gasteiger partial charge is 0.266 e. The summed E-state index contributed by atoms with van der Waals surface area (Å²) in [7, 11) is 0. The van der Waals surface area contributed by atoms with E-state index in [9.17, 15) is 4.79 Å². The first-order valence-corrected chi connectivity index (χ1v) is 9.72. The van der Waals surface area contributed by atoms with Crippen LogP contribution < -0.4 is 10.1 Å². The van der Waals surface area contributed by atoms with Crippen LogP contribution in [0.25, 0.3) is 10.6 Å². The summed E-state index contributed by atoms with van der Waals surface area (Å²) in [6.45, 7) is 7.96. The van der Waals surface area contributed by atoms with Gasteiger partial charge in [-0.15, -0.1) is 10.2 Å². The Hall–Kier alpha value is -2.73. The maximum absolute atomic E-state index is 12.5. The average Bonchev–Trinajstić information content (AvgIpc) is 3.10. The standard InChI is InChI=1S/C21H23N3O2S/c1-13(2)17-11-10-14(3)12-18(17)26-15(4)19(25)22-21-24-23-20(27-21)16-8-6-5-7-9-16/h5-13,15H,1-4H3,(H,22,24,25)/t15-/m0/s1. The molecule has 1 atom stereocenters. The minimum absolute atomic E-state index is 0.248. The second-order valence-corrected chi connectivity index (χ2v) is 7.70. The van der Waals surface area contributed by atoms with Gasteiger partial charge in [0.2, 0.25) is 5.13 Å². The molecular formula is C21H23N3O2S. The first kappa shape index (κ1) is 19.0. The van der Waals surface area contributed by atoms with Crippen LogP contribution >= 0.6 is 11.3 Å². The molecule has 3 rings (SSSR count). The van der Waals surface area contributed by atoms with Gasteiger partial charge in [-0.25, -0.2) is 0 Å². The molecule has 2 aromatic carbocycles. The second-order valence-electron chi connectivity index (χ2n) is 6.72. The number of hydrogen-bond acceptors (Lipinski definition) is 5. The summed E-state index contributed by atoms with van der Waals surface area (Å²) in [5.74, 6) is 0.810. The number of ether oxygens (including phenoxy) is 1. The quantitative estimate of drug-likeness (QED) is 0.649. The van der Waals surface area contributed by atoms with E-state index in [1.165, 1.54) is 11.3 Å². The zero-order valence-corrected chi connectivity index (χ0v) is 16.7. The van der Waals surface area contributed by atoms with Crippen molar-refractivity contribution in [2.45, 2.75) is 39.7 Å². The molecule has 1 N–H and O–H groups in total. The van der Waals surface area contributed by atoms with Crippen molar-refractivity contribution in [2.75, 3.05) is 5.32 Å². The fourth-order valence-electron chi connectivity index (χ4n) is 2.64. The number of carbonyl (C=O) groups is 1. The van der Waals surface area contributed by atoms with Crippen molar-refractivity contribution in [1.29, 1.82) is 0 Å². The first-order valence-electron chi connectivity index (χ1n) is 8.91. The third-order valence-corrected chi connectivity index (χ3v) is 5.03. The minimum atomic E-state index is -0.645. The van der Waals surface area contributed by atoms with Gasteiger partial charge < -0.3 is 4.74 Å². The van der Waals surface area contributed by atoms with Crippen molar-refractivity contribution in [3.8, 4) is 16.3 Å². The third-order valence-electron chi connectivity index (χ3n) is 4.14. The van der Waals surface area contributed by atoms with E-state index in [2.05, 4.69) is 41.5 Å². The van der Waals surface area contributed by atoms with Gasteiger partial charge in [0, 0.05) is 5.56 Å². The predicted octanol–water partition coefficient (Wildman–Crippen LogP) is 5.04. The number of anilines is 1. The lowest BCUT2D eigenvalue weighted by molar-refractivity contribution is -0.122. The molecule has 1 amide bonds. The number of benzene rings is 2. The van der Waals surface area contributed by atoms with Gasteiger partial charge in [-0.1, -0.05) is 67.6 Å². The fraction of sp³-hybridized carbons (Fsp3) is 0.286. The molecule has 5 nitrogen and oxygen atoms in total. The van der Waals surface area contributed by atoms with Crippen molar-refractivity contribution in [2.24, 2.45) is 0 Å². The highest BCUT2D eigenvalue weighted by molar-refractivity contribution is 7.18. The van der Waals surface area contributed by atoms with Crippen LogP contribution in [-0.2, 0) is 4.79 Å². The Bertz CT molecular complexity index is 922. The van der Waals surface area contributed by atoms with Crippen LogP contribution in [0.3, 0.4) is 0 Å². The molecule has 0 bridgehead atoms. The predicted molar refractivity (Wildman–Crippen MR) is 109 cm³/mol. The highest BCUT2D eigenvalue weighted by atomic mass is 32.1. The zero-order chi connectivity index (χ0) is 19.4. The molecule has 1 aromatic heterocycles. The number of nitrogens with one attached hydrogen (secondary N) is 1. The fourth-order valence-corrected chi connectivity index (χ4v) is 3.39. The van der Waals surface area contributed by atoms with Gasteiger partial charge in [0.25, 0.3) is 5.91 Å². The summed E-state index contributed by atoms with van der Waals surface area (Å²) in [6, 6.07) is 15.8. The van der Waals surface area contributed by atoms with Gasteiger partial charge >= 0.3 is 0 Å². The van der Waals surface area contributed by atoms with Crippen LogP contribution in [0.15, 0.2) is 48.5 Å². The SMILES string of the molecule is Cc1ccc(C(C)C)c(O[C@@H](C)C(=O)Nc2nnc(-c3ccccc3)s2)c1. The number of aryl methyl sites for hydroxylation is 1. The van der Waals surface area contributed by atoms with E-state index in [0.717, 1.165) is 27.4 Å². The van der Waals surface area contributed by atoms with Crippen LogP contribution in [-0.4, -0.2) is 22.2 Å². The largest absolute Gasteiger partial charge is 0.481 e. The molecule has 27 heavy (non-hydrogen) atoms. The van der Waals surface area contributed by atoms with Gasteiger partial charge in [0.1, 0.15) is 10.8 Å². The zero-order valence-electron chi connectivity index (χ0n) is 15.9. The summed E-state index contributed by atoms with van der Waals surface area (Å²) < 4.78 is 5.96. The van der Waals surface area contributed by atoms with Crippen LogP contribution in [0.2, 0.25) is 0 Å². The van der Waals surface area contributed by atoms with Crippen LogP contribution in [0, 0.1) is 6.92 Å². The topological polar surface area (TPSA) is 64.1 Å². The number of carbonyl (C=O) groups excluding carboxylic acids is 1. The van der Waals surface area contributed by atoms with Gasteiger partial charge in [0.15, 0.2) is 6.10 Å². The normalized spacial score (nSPS) is 12.0. The van der Waals surface area contributed by atoms with E-state index in [4.69, 9.17) is 4.74 Å². The molecule has 0 saturated heterocycles. The van der Waals surface area contributed by atoms with E-state index in [0.29, 0.717) is 11.0 Å². The minimum Gasteiger partial charge on any atom is -0.481 e. The van der Waals surface area contributed by atoms with Crippen molar-refractivity contribution in [3.63, 3.8) is 0 Å². The summed E-state index contributed by atoms with van der Waals surface area (Å²) in [5.41, 5.74) is 3.15. The molecule has 0 aliphatic heterocycles. The second kappa shape index (κ2) is 8.31. The molecule has 0 saturated carbocycles. The highest BCUT2D eigenvalue weighted by Gasteiger charge is 2.19. The van der Waals surface area contributed by atoms with Gasteiger partial charge in [-0.3, -0.25) is 10.1 Å². The maximum Gasteiger partial charge on any atom is 0.266 e. The summed E-state index contributed by atoms with van der Waals surface area (Å²) in [6.07, 6.45) is -0.645. The molecule has 3 aromatic rings. The molecule has 0 radical (unpaired) electrons.